The van der Waals surface area contributed by atoms with Crippen molar-refractivity contribution in [2.24, 2.45) is 0 Å². The molecule has 7 heteroatoms. The van der Waals surface area contributed by atoms with Gasteiger partial charge in [-0.15, -0.1) is 0 Å². The average Bonchev–Trinajstić information content (AvgIpc) is 2.60. The van der Waals surface area contributed by atoms with Crippen LogP contribution in [0, 0.1) is 11.3 Å². The van der Waals surface area contributed by atoms with Crippen molar-refractivity contribution in [2.45, 2.75) is 0 Å². The number of fused-ring (bicyclic) bond motifs is 1. The van der Waals surface area contributed by atoms with Gasteiger partial charge in [-0.2, -0.15) is 5.26 Å². The average molecular weight is 385 g/mol. The highest BCUT2D eigenvalue weighted by molar-refractivity contribution is 9.10. The Labute approximate surface area is 147 Å². The Kier molecular flexibility index (Phi) is 4.49. The first-order chi connectivity index (χ1) is 11.7. The number of nitrogens with zero attached hydrogens (tertiary/aromatic N) is 3. The third kappa shape index (κ3) is 2.96. The van der Waals surface area contributed by atoms with Gasteiger partial charge in [-0.05, 0) is 28.1 Å². The monoisotopic (exact) mass is 384 g/mol. The van der Waals surface area contributed by atoms with Crippen molar-refractivity contribution in [2.75, 3.05) is 19.5 Å². The normalized spacial score (nSPS) is 10.2. The van der Waals surface area contributed by atoms with Gasteiger partial charge in [-0.3, -0.25) is 9.97 Å². The fourth-order valence-electron chi connectivity index (χ4n) is 2.36. The third-order valence-electron chi connectivity index (χ3n) is 3.47. The Bertz CT molecular complexity index is 953. The summed E-state index contributed by atoms with van der Waals surface area (Å²) >= 11 is 3.39. The minimum absolute atomic E-state index is 0.426. The lowest BCUT2D eigenvalue weighted by Crippen LogP contribution is -1.99. The summed E-state index contributed by atoms with van der Waals surface area (Å²) in [6.45, 7) is 0. The molecule has 0 spiro atoms. The van der Waals surface area contributed by atoms with Gasteiger partial charge in [0, 0.05) is 28.3 Å². The minimum atomic E-state index is 0.426. The van der Waals surface area contributed by atoms with E-state index in [2.05, 4.69) is 37.3 Å². The standard InChI is InChI=1S/C17H13BrN4O2/c1-23-15-4-13-14(5-16(15)24-2)21-7-10(6-19)17(13)22-12-3-11(18)8-20-9-12/h3-5,7-9H,1-2H3,(H,21,22). The number of halogens is 1. The molecule has 3 aromatic rings. The van der Waals surface area contributed by atoms with E-state index in [0.717, 1.165) is 15.5 Å². The van der Waals surface area contributed by atoms with Crippen LogP contribution in [-0.4, -0.2) is 24.2 Å². The third-order valence-corrected chi connectivity index (χ3v) is 3.90. The molecular weight excluding hydrogens is 372 g/mol. The van der Waals surface area contributed by atoms with Crippen molar-refractivity contribution in [3.05, 3.63) is 46.8 Å². The molecule has 24 heavy (non-hydrogen) atoms. The number of nitriles is 1. The van der Waals surface area contributed by atoms with Crippen molar-refractivity contribution in [3.63, 3.8) is 0 Å². The first-order valence-corrected chi connectivity index (χ1v) is 7.78. The Morgan fingerprint density at radius 1 is 1.08 bits per heavy atom. The predicted octanol–water partition coefficient (Wildman–Crippen LogP) is 4.02. The van der Waals surface area contributed by atoms with Gasteiger partial charge in [-0.1, -0.05) is 0 Å². The first kappa shape index (κ1) is 16.0. The van der Waals surface area contributed by atoms with E-state index in [-0.39, 0.29) is 0 Å². The summed E-state index contributed by atoms with van der Waals surface area (Å²) in [4.78, 5) is 8.46. The molecule has 0 bridgehead atoms. The number of rotatable bonds is 4. The summed E-state index contributed by atoms with van der Waals surface area (Å²) in [5, 5.41) is 13.4. The molecular formula is C17H13BrN4O2. The lowest BCUT2D eigenvalue weighted by atomic mass is 10.1. The van der Waals surface area contributed by atoms with Crippen LogP contribution < -0.4 is 14.8 Å². The molecule has 0 atom stereocenters. The summed E-state index contributed by atoms with van der Waals surface area (Å²) in [7, 11) is 3.14. The number of aromatic nitrogens is 2. The van der Waals surface area contributed by atoms with E-state index < -0.39 is 0 Å². The fraction of sp³-hybridized carbons (Fsp3) is 0.118. The van der Waals surface area contributed by atoms with E-state index in [0.29, 0.717) is 28.3 Å². The molecule has 0 aliphatic rings. The van der Waals surface area contributed by atoms with Crippen LogP contribution in [-0.2, 0) is 0 Å². The maximum Gasteiger partial charge on any atom is 0.162 e. The van der Waals surface area contributed by atoms with Crippen LogP contribution in [0.25, 0.3) is 10.9 Å². The molecule has 120 valence electrons. The molecule has 2 heterocycles. The smallest absolute Gasteiger partial charge is 0.162 e. The van der Waals surface area contributed by atoms with Crippen LogP contribution in [0.15, 0.2) is 41.3 Å². The zero-order valence-electron chi connectivity index (χ0n) is 13.0. The molecule has 0 amide bonds. The Balaban J connectivity index is 2.22. The first-order valence-electron chi connectivity index (χ1n) is 6.98. The van der Waals surface area contributed by atoms with Gasteiger partial charge < -0.3 is 14.8 Å². The molecule has 0 unspecified atom stereocenters. The van der Waals surface area contributed by atoms with Gasteiger partial charge in [-0.25, -0.2) is 0 Å². The van der Waals surface area contributed by atoms with Crippen LogP contribution in [0.1, 0.15) is 5.56 Å². The van der Waals surface area contributed by atoms with Gasteiger partial charge in [0.2, 0.25) is 0 Å². The molecule has 0 saturated heterocycles. The van der Waals surface area contributed by atoms with Gasteiger partial charge in [0.1, 0.15) is 6.07 Å². The predicted molar refractivity (Wildman–Crippen MR) is 94.8 cm³/mol. The molecule has 0 radical (unpaired) electrons. The molecule has 3 rings (SSSR count). The SMILES string of the molecule is COc1cc2ncc(C#N)c(Nc3cncc(Br)c3)c2cc1OC. The van der Waals surface area contributed by atoms with E-state index in [9.17, 15) is 5.26 Å². The Hall–Kier alpha value is -2.85. The summed E-state index contributed by atoms with van der Waals surface area (Å²) in [6, 6.07) is 7.61. The largest absolute Gasteiger partial charge is 0.493 e. The maximum atomic E-state index is 9.43. The Morgan fingerprint density at radius 3 is 2.50 bits per heavy atom. The molecule has 0 saturated carbocycles. The van der Waals surface area contributed by atoms with Crippen molar-refractivity contribution in [1.29, 1.82) is 5.26 Å². The number of anilines is 2. The molecule has 0 fully saturated rings. The molecule has 0 aliphatic heterocycles. The molecule has 1 N–H and O–H groups in total. The zero-order chi connectivity index (χ0) is 17.1. The van der Waals surface area contributed by atoms with Gasteiger partial charge >= 0.3 is 0 Å². The van der Waals surface area contributed by atoms with E-state index in [1.807, 2.05) is 6.07 Å². The highest BCUT2D eigenvalue weighted by Crippen LogP contribution is 2.36. The fourth-order valence-corrected chi connectivity index (χ4v) is 2.73. The van der Waals surface area contributed by atoms with Crippen molar-refractivity contribution in [1.82, 2.24) is 9.97 Å². The van der Waals surface area contributed by atoms with E-state index in [1.54, 1.807) is 38.7 Å². The number of hydrogen-bond donors (Lipinski definition) is 1. The van der Waals surface area contributed by atoms with Crippen LogP contribution >= 0.6 is 15.9 Å². The molecule has 2 aromatic heterocycles. The van der Waals surface area contributed by atoms with E-state index >= 15 is 0 Å². The topological polar surface area (TPSA) is 80.1 Å². The van der Waals surface area contributed by atoms with Crippen LogP contribution in [0.3, 0.4) is 0 Å². The lowest BCUT2D eigenvalue weighted by Gasteiger charge is -2.14. The highest BCUT2D eigenvalue weighted by Gasteiger charge is 2.14. The van der Waals surface area contributed by atoms with Crippen molar-refractivity contribution in [3.8, 4) is 17.6 Å². The van der Waals surface area contributed by atoms with Crippen LogP contribution in [0.4, 0.5) is 11.4 Å². The van der Waals surface area contributed by atoms with Crippen LogP contribution in [0.5, 0.6) is 11.5 Å². The van der Waals surface area contributed by atoms with Gasteiger partial charge in [0.05, 0.1) is 42.9 Å². The van der Waals surface area contributed by atoms with Gasteiger partial charge in [0.15, 0.2) is 11.5 Å². The van der Waals surface area contributed by atoms with E-state index in [1.165, 1.54) is 6.20 Å². The molecule has 1 aromatic carbocycles. The molecule has 6 nitrogen and oxygen atoms in total. The second-order valence-electron chi connectivity index (χ2n) is 4.90. The summed E-state index contributed by atoms with van der Waals surface area (Å²) in [5.41, 5.74) is 2.51. The molecule has 0 aliphatic carbocycles. The number of methoxy groups -OCH3 is 2. The highest BCUT2D eigenvalue weighted by atomic mass is 79.9. The number of benzene rings is 1. The van der Waals surface area contributed by atoms with Crippen molar-refractivity contribution >= 4 is 38.2 Å². The quantitative estimate of drug-likeness (QED) is 0.731. The second-order valence-corrected chi connectivity index (χ2v) is 5.82. The Morgan fingerprint density at radius 2 is 1.83 bits per heavy atom. The lowest BCUT2D eigenvalue weighted by molar-refractivity contribution is 0.356. The summed E-state index contributed by atoms with van der Waals surface area (Å²) < 4.78 is 11.5. The number of pyridine rings is 2. The minimum Gasteiger partial charge on any atom is -0.493 e. The summed E-state index contributed by atoms with van der Waals surface area (Å²) in [5.74, 6) is 1.15. The van der Waals surface area contributed by atoms with E-state index in [4.69, 9.17) is 9.47 Å². The number of ether oxygens (including phenoxy) is 2. The van der Waals surface area contributed by atoms with Crippen LogP contribution in [0.2, 0.25) is 0 Å². The van der Waals surface area contributed by atoms with Gasteiger partial charge in [0.25, 0.3) is 0 Å². The summed E-state index contributed by atoms with van der Waals surface area (Å²) in [6.07, 6.45) is 4.90. The number of nitrogens with one attached hydrogen (secondary N) is 1. The maximum absolute atomic E-state index is 9.43. The second kappa shape index (κ2) is 6.72. The zero-order valence-corrected chi connectivity index (χ0v) is 14.6. The van der Waals surface area contributed by atoms with Crippen molar-refractivity contribution < 1.29 is 9.47 Å². The number of hydrogen-bond acceptors (Lipinski definition) is 6.